The number of pyridine rings is 1. The van der Waals surface area contributed by atoms with E-state index in [0.29, 0.717) is 45.2 Å². The molecule has 0 unspecified atom stereocenters. The molecule has 2 aliphatic heterocycles. The second kappa shape index (κ2) is 7.47. The summed E-state index contributed by atoms with van der Waals surface area (Å²) >= 11 is 0. The van der Waals surface area contributed by atoms with Crippen molar-refractivity contribution < 1.29 is 17.9 Å². The Bertz CT molecular complexity index is 629. The molecule has 1 atom stereocenters. The average molecular weight is 354 g/mol. The van der Waals surface area contributed by atoms with Crippen molar-refractivity contribution in [2.75, 3.05) is 32.1 Å². The van der Waals surface area contributed by atoms with Crippen LogP contribution in [0.15, 0.2) is 24.4 Å². The molecule has 2 aliphatic rings. The summed E-state index contributed by atoms with van der Waals surface area (Å²) < 4.78 is 37.5. The maximum atomic E-state index is 12.1. The zero-order valence-corrected chi connectivity index (χ0v) is 15.0. The second-order valence-corrected chi connectivity index (χ2v) is 8.73. The fourth-order valence-corrected chi connectivity index (χ4v) is 5.17. The molecule has 2 fully saturated rings. The molecule has 0 saturated carbocycles. The number of hydrogen-bond donors (Lipinski definition) is 0. The molecule has 0 bridgehead atoms. The topological polar surface area (TPSA) is 68.7 Å². The molecule has 1 spiro atoms. The Morgan fingerprint density at radius 1 is 1.42 bits per heavy atom. The fourth-order valence-electron chi connectivity index (χ4n) is 3.56. The van der Waals surface area contributed by atoms with Crippen LogP contribution >= 0.6 is 0 Å². The Hall–Kier alpha value is -1.02. The molecule has 2 saturated heterocycles. The molecule has 3 rings (SSSR count). The third-order valence-corrected chi connectivity index (χ3v) is 6.90. The third-order valence-electron chi connectivity index (χ3n) is 4.93. The van der Waals surface area contributed by atoms with Crippen LogP contribution in [0.1, 0.15) is 31.9 Å². The molecule has 134 valence electrons. The molecule has 0 N–H and O–H groups in total. The highest BCUT2D eigenvalue weighted by Crippen LogP contribution is 2.42. The summed E-state index contributed by atoms with van der Waals surface area (Å²) in [5, 5.41) is 0. The quantitative estimate of drug-likeness (QED) is 0.666. The monoisotopic (exact) mass is 354 g/mol. The van der Waals surface area contributed by atoms with Crippen molar-refractivity contribution in [1.29, 1.82) is 0 Å². The Morgan fingerprint density at radius 2 is 2.25 bits per heavy atom. The van der Waals surface area contributed by atoms with Crippen LogP contribution in [0.25, 0.3) is 0 Å². The van der Waals surface area contributed by atoms with Gasteiger partial charge in [-0.25, -0.2) is 8.42 Å². The van der Waals surface area contributed by atoms with E-state index in [1.165, 1.54) is 0 Å². The summed E-state index contributed by atoms with van der Waals surface area (Å²) in [7, 11) is -3.11. The molecule has 3 heterocycles. The average Bonchev–Trinajstić information content (AvgIpc) is 2.95. The van der Waals surface area contributed by atoms with Gasteiger partial charge in [-0.1, -0.05) is 13.0 Å². The van der Waals surface area contributed by atoms with Gasteiger partial charge in [-0.3, -0.25) is 4.98 Å². The van der Waals surface area contributed by atoms with Gasteiger partial charge in [0, 0.05) is 32.5 Å². The molecule has 0 radical (unpaired) electrons. The Morgan fingerprint density at radius 3 is 2.96 bits per heavy atom. The van der Waals surface area contributed by atoms with Crippen LogP contribution in [0.3, 0.4) is 0 Å². The number of aromatic nitrogens is 1. The lowest BCUT2D eigenvalue weighted by atomic mass is 9.80. The van der Waals surface area contributed by atoms with Crippen LogP contribution in [0.5, 0.6) is 0 Å². The van der Waals surface area contributed by atoms with Crippen molar-refractivity contribution in [3.8, 4) is 0 Å². The second-order valence-electron chi connectivity index (χ2n) is 6.65. The standard InChI is InChI=1S/C17H26N2O4S/c1-2-11-24(20,21)19-13-17(14-19)15(7-10-23-17)6-9-22-12-16-5-3-4-8-18-16/h3-5,8,15H,2,6-7,9-14H2,1H3/t15-/m0/s1. The van der Waals surface area contributed by atoms with E-state index in [2.05, 4.69) is 4.98 Å². The number of rotatable bonds is 8. The molecule has 6 nitrogen and oxygen atoms in total. The molecular weight excluding hydrogens is 328 g/mol. The fraction of sp³-hybridized carbons (Fsp3) is 0.706. The predicted octanol–water partition coefficient (Wildman–Crippen LogP) is 1.82. The molecule has 1 aromatic heterocycles. The van der Waals surface area contributed by atoms with E-state index in [-0.39, 0.29) is 11.4 Å². The Kier molecular flexibility index (Phi) is 5.54. The van der Waals surface area contributed by atoms with Crippen molar-refractivity contribution in [1.82, 2.24) is 9.29 Å². The van der Waals surface area contributed by atoms with Crippen LogP contribution < -0.4 is 0 Å². The van der Waals surface area contributed by atoms with Crippen molar-refractivity contribution >= 4 is 10.0 Å². The lowest BCUT2D eigenvalue weighted by Crippen LogP contribution is -2.66. The highest BCUT2D eigenvalue weighted by Gasteiger charge is 2.55. The van der Waals surface area contributed by atoms with Gasteiger partial charge in [0.05, 0.1) is 23.7 Å². The van der Waals surface area contributed by atoms with E-state index in [1.54, 1.807) is 10.5 Å². The first-order valence-corrected chi connectivity index (χ1v) is 10.3. The van der Waals surface area contributed by atoms with E-state index in [9.17, 15) is 8.42 Å². The Labute approximate surface area is 144 Å². The van der Waals surface area contributed by atoms with E-state index in [1.807, 2.05) is 25.1 Å². The smallest absolute Gasteiger partial charge is 0.214 e. The van der Waals surface area contributed by atoms with Crippen LogP contribution in [0, 0.1) is 5.92 Å². The third kappa shape index (κ3) is 3.79. The number of sulfonamides is 1. The minimum Gasteiger partial charge on any atom is -0.375 e. The molecule has 0 amide bonds. The largest absolute Gasteiger partial charge is 0.375 e. The first kappa shape index (κ1) is 17.8. The zero-order chi connectivity index (χ0) is 17.0. The van der Waals surface area contributed by atoms with Crippen molar-refractivity contribution in [3.63, 3.8) is 0 Å². The van der Waals surface area contributed by atoms with Gasteiger partial charge in [0.1, 0.15) is 0 Å². The van der Waals surface area contributed by atoms with E-state index >= 15 is 0 Å². The van der Waals surface area contributed by atoms with Gasteiger partial charge in [0.2, 0.25) is 10.0 Å². The van der Waals surface area contributed by atoms with Crippen molar-refractivity contribution in [2.45, 2.75) is 38.4 Å². The minimum absolute atomic E-state index is 0.223. The highest BCUT2D eigenvalue weighted by atomic mass is 32.2. The molecule has 0 aliphatic carbocycles. The molecule has 0 aromatic carbocycles. The normalized spacial score (nSPS) is 23.5. The molecular formula is C17H26N2O4S. The van der Waals surface area contributed by atoms with Gasteiger partial charge in [-0.2, -0.15) is 4.31 Å². The zero-order valence-electron chi connectivity index (χ0n) is 14.2. The summed E-state index contributed by atoms with van der Waals surface area (Å²) in [4.78, 5) is 4.24. The maximum absolute atomic E-state index is 12.1. The van der Waals surface area contributed by atoms with Gasteiger partial charge in [-0.05, 0) is 37.3 Å². The lowest BCUT2D eigenvalue weighted by Gasteiger charge is -2.49. The summed E-state index contributed by atoms with van der Waals surface area (Å²) in [6, 6.07) is 5.78. The van der Waals surface area contributed by atoms with Gasteiger partial charge in [0.25, 0.3) is 0 Å². The van der Waals surface area contributed by atoms with Crippen LogP contribution in [-0.4, -0.2) is 55.4 Å². The summed E-state index contributed by atoms with van der Waals surface area (Å²) in [5.74, 6) is 0.593. The summed E-state index contributed by atoms with van der Waals surface area (Å²) in [6.07, 6.45) is 4.29. The van der Waals surface area contributed by atoms with Crippen LogP contribution in [-0.2, 0) is 26.1 Å². The lowest BCUT2D eigenvalue weighted by molar-refractivity contribution is -0.105. The van der Waals surface area contributed by atoms with Crippen LogP contribution in [0.4, 0.5) is 0 Å². The molecule has 1 aromatic rings. The summed E-state index contributed by atoms with van der Waals surface area (Å²) in [6.45, 7) is 4.76. The number of nitrogens with zero attached hydrogens (tertiary/aromatic N) is 2. The van der Waals surface area contributed by atoms with E-state index in [0.717, 1.165) is 18.5 Å². The SMILES string of the molecule is CCCS(=O)(=O)N1CC2(C1)OCC[C@@H]2CCOCc1ccccn1. The first-order valence-electron chi connectivity index (χ1n) is 8.65. The van der Waals surface area contributed by atoms with Crippen molar-refractivity contribution in [2.24, 2.45) is 5.92 Å². The first-order chi connectivity index (χ1) is 11.6. The molecule has 24 heavy (non-hydrogen) atoms. The number of ether oxygens (including phenoxy) is 2. The summed E-state index contributed by atoms with van der Waals surface area (Å²) in [5.41, 5.74) is 0.644. The van der Waals surface area contributed by atoms with Gasteiger partial charge in [0.15, 0.2) is 0 Å². The van der Waals surface area contributed by atoms with Gasteiger partial charge >= 0.3 is 0 Å². The van der Waals surface area contributed by atoms with E-state index in [4.69, 9.17) is 9.47 Å². The predicted molar refractivity (Wildman–Crippen MR) is 91.0 cm³/mol. The van der Waals surface area contributed by atoms with Gasteiger partial charge < -0.3 is 9.47 Å². The maximum Gasteiger partial charge on any atom is 0.214 e. The minimum atomic E-state index is -3.11. The number of hydrogen-bond acceptors (Lipinski definition) is 5. The van der Waals surface area contributed by atoms with E-state index < -0.39 is 10.0 Å². The van der Waals surface area contributed by atoms with Crippen molar-refractivity contribution in [3.05, 3.63) is 30.1 Å². The molecule has 7 heteroatoms. The highest BCUT2D eigenvalue weighted by molar-refractivity contribution is 7.89. The van der Waals surface area contributed by atoms with Crippen LogP contribution in [0.2, 0.25) is 0 Å². The van der Waals surface area contributed by atoms with Gasteiger partial charge in [-0.15, -0.1) is 0 Å². The Balaban J connectivity index is 1.45.